The summed E-state index contributed by atoms with van der Waals surface area (Å²) in [6.07, 6.45) is 0.501. The van der Waals surface area contributed by atoms with Crippen LogP contribution in [0.2, 0.25) is 0 Å². The Morgan fingerprint density at radius 1 is 1.34 bits per heavy atom. The Kier molecular flexibility index (Phi) is 7.18. The maximum absolute atomic E-state index is 14.1. The van der Waals surface area contributed by atoms with Crippen LogP contribution in [0.5, 0.6) is 5.75 Å². The summed E-state index contributed by atoms with van der Waals surface area (Å²) in [6, 6.07) is -0.219. The first-order valence-electron chi connectivity index (χ1n) is 9.07. The van der Waals surface area contributed by atoms with Crippen molar-refractivity contribution >= 4 is 15.9 Å². The lowest BCUT2D eigenvalue weighted by molar-refractivity contribution is -0.121. The molecule has 2 rings (SSSR count). The smallest absolute Gasteiger partial charge is 0.337 e. The first-order valence-corrected chi connectivity index (χ1v) is 10.6. The molecule has 1 saturated carbocycles. The number of hydrogen-bond acceptors (Lipinski definition) is 5. The van der Waals surface area contributed by atoms with Crippen LogP contribution in [0, 0.1) is 5.82 Å². The molecule has 0 radical (unpaired) electrons. The SMILES string of the molecule is CCC(=O)NC(C)c1ccc(F)c(OCC2(S(=O)(=O)NC(F)(F)COC)CC2)c1. The molecule has 0 spiro atoms. The van der Waals surface area contributed by atoms with Crippen molar-refractivity contribution in [3.05, 3.63) is 29.6 Å². The molecule has 2 N–H and O–H groups in total. The van der Waals surface area contributed by atoms with Gasteiger partial charge in [0.1, 0.15) is 18.0 Å². The number of hydrogen-bond donors (Lipinski definition) is 2. The summed E-state index contributed by atoms with van der Waals surface area (Å²) in [5, 5.41) is 2.72. The molecule has 29 heavy (non-hydrogen) atoms. The van der Waals surface area contributed by atoms with Gasteiger partial charge in [0.05, 0.1) is 6.04 Å². The van der Waals surface area contributed by atoms with Crippen LogP contribution in [0.4, 0.5) is 13.2 Å². The van der Waals surface area contributed by atoms with E-state index in [0.717, 1.165) is 13.2 Å². The molecule has 11 heteroatoms. The third-order valence-electron chi connectivity index (χ3n) is 4.63. The van der Waals surface area contributed by atoms with E-state index in [1.807, 2.05) is 0 Å². The monoisotopic (exact) mass is 438 g/mol. The largest absolute Gasteiger partial charge is 0.489 e. The van der Waals surface area contributed by atoms with Crippen molar-refractivity contribution < 1.29 is 35.9 Å². The highest BCUT2D eigenvalue weighted by Crippen LogP contribution is 2.44. The van der Waals surface area contributed by atoms with Crippen molar-refractivity contribution in [2.75, 3.05) is 20.3 Å². The minimum Gasteiger partial charge on any atom is -0.489 e. The average Bonchev–Trinajstić information content (AvgIpc) is 3.41. The van der Waals surface area contributed by atoms with Crippen molar-refractivity contribution in [3.8, 4) is 5.75 Å². The number of sulfonamides is 1. The van der Waals surface area contributed by atoms with E-state index in [0.29, 0.717) is 5.56 Å². The summed E-state index contributed by atoms with van der Waals surface area (Å²) in [7, 11) is -3.42. The van der Waals surface area contributed by atoms with Gasteiger partial charge in [-0.15, -0.1) is 0 Å². The lowest BCUT2D eigenvalue weighted by Crippen LogP contribution is -2.50. The molecule has 0 aromatic heterocycles. The summed E-state index contributed by atoms with van der Waals surface area (Å²) >= 11 is 0. The van der Waals surface area contributed by atoms with Gasteiger partial charge in [-0.05, 0) is 37.5 Å². The molecular formula is C18H25F3N2O5S. The van der Waals surface area contributed by atoms with Gasteiger partial charge in [0.25, 0.3) is 0 Å². The van der Waals surface area contributed by atoms with Crippen LogP contribution >= 0.6 is 0 Å². The number of rotatable bonds is 11. The van der Waals surface area contributed by atoms with E-state index in [1.54, 1.807) is 13.8 Å². The Bertz CT molecular complexity index is 844. The van der Waals surface area contributed by atoms with Crippen LogP contribution < -0.4 is 14.8 Å². The fourth-order valence-electron chi connectivity index (χ4n) is 2.68. The Morgan fingerprint density at radius 2 is 2.00 bits per heavy atom. The van der Waals surface area contributed by atoms with Crippen molar-refractivity contribution in [1.29, 1.82) is 0 Å². The van der Waals surface area contributed by atoms with E-state index in [4.69, 9.17) is 4.74 Å². The normalized spacial score (nSPS) is 16.9. The van der Waals surface area contributed by atoms with E-state index >= 15 is 0 Å². The molecule has 1 aliphatic rings. The molecule has 0 aliphatic heterocycles. The molecule has 0 heterocycles. The summed E-state index contributed by atoms with van der Waals surface area (Å²) in [5.74, 6) is -1.13. The van der Waals surface area contributed by atoms with E-state index in [1.165, 1.54) is 16.9 Å². The average molecular weight is 438 g/mol. The fourth-order valence-corrected chi connectivity index (χ4v) is 4.20. The summed E-state index contributed by atoms with van der Waals surface area (Å²) in [6.45, 7) is 1.81. The molecule has 7 nitrogen and oxygen atoms in total. The molecule has 0 bridgehead atoms. The number of methoxy groups -OCH3 is 1. The van der Waals surface area contributed by atoms with Gasteiger partial charge in [-0.3, -0.25) is 4.79 Å². The molecule has 1 unspecified atom stereocenters. The maximum Gasteiger partial charge on any atom is 0.337 e. The van der Waals surface area contributed by atoms with E-state index in [9.17, 15) is 26.4 Å². The van der Waals surface area contributed by atoms with E-state index < -0.39 is 45.9 Å². The van der Waals surface area contributed by atoms with Gasteiger partial charge in [-0.2, -0.15) is 13.5 Å². The second-order valence-electron chi connectivity index (χ2n) is 7.05. The number of ether oxygens (including phenoxy) is 2. The van der Waals surface area contributed by atoms with E-state index in [-0.39, 0.29) is 30.9 Å². The van der Waals surface area contributed by atoms with Crippen LogP contribution in [0.1, 0.15) is 44.7 Å². The van der Waals surface area contributed by atoms with Crippen LogP contribution in [0.3, 0.4) is 0 Å². The Balaban J connectivity index is 2.11. The van der Waals surface area contributed by atoms with Crippen LogP contribution in [-0.2, 0) is 19.6 Å². The zero-order chi connectivity index (χ0) is 21.9. The number of carbonyl (C=O) groups is 1. The molecule has 0 saturated heterocycles. The topological polar surface area (TPSA) is 93.7 Å². The number of benzene rings is 1. The molecule has 1 aliphatic carbocycles. The zero-order valence-corrected chi connectivity index (χ0v) is 17.2. The van der Waals surface area contributed by atoms with Gasteiger partial charge in [-0.25, -0.2) is 12.8 Å². The minimum absolute atomic E-state index is 0.107. The van der Waals surface area contributed by atoms with Crippen LogP contribution in [0.25, 0.3) is 0 Å². The Hall–Kier alpha value is -1.85. The second kappa shape index (κ2) is 8.88. The Morgan fingerprint density at radius 3 is 2.55 bits per heavy atom. The number of carbonyl (C=O) groups excluding carboxylic acids is 1. The first kappa shape index (κ1) is 23.4. The maximum atomic E-state index is 14.1. The van der Waals surface area contributed by atoms with Gasteiger partial charge in [-0.1, -0.05) is 13.0 Å². The third kappa shape index (κ3) is 5.83. The number of alkyl halides is 2. The van der Waals surface area contributed by atoms with Gasteiger partial charge in [0.15, 0.2) is 11.6 Å². The van der Waals surface area contributed by atoms with Crippen molar-refractivity contribution in [2.24, 2.45) is 0 Å². The van der Waals surface area contributed by atoms with Crippen molar-refractivity contribution in [3.63, 3.8) is 0 Å². The number of halogens is 3. The van der Waals surface area contributed by atoms with Gasteiger partial charge in [0.2, 0.25) is 15.9 Å². The third-order valence-corrected chi connectivity index (χ3v) is 6.87. The quantitative estimate of drug-likeness (QED) is 0.518. The van der Waals surface area contributed by atoms with Crippen molar-refractivity contribution in [2.45, 2.75) is 49.9 Å². The minimum atomic E-state index is -4.44. The fraction of sp³-hybridized carbons (Fsp3) is 0.611. The lowest BCUT2D eigenvalue weighted by atomic mass is 10.1. The summed E-state index contributed by atoms with van der Waals surface area (Å²) < 4.78 is 75.6. The number of nitrogens with one attached hydrogen (secondary N) is 2. The highest BCUT2D eigenvalue weighted by atomic mass is 32.2. The molecular weight excluding hydrogens is 413 g/mol. The highest BCUT2D eigenvalue weighted by molar-refractivity contribution is 7.91. The first-order chi connectivity index (χ1) is 13.5. The number of amides is 1. The van der Waals surface area contributed by atoms with Gasteiger partial charge in [0, 0.05) is 13.5 Å². The molecule has 1 amide bonds. The molecule has 1 aromatic carbocycles. The van der Waals surface area contributed by atoms with Crippen molar-refractivity contribution in [1.82, 2.24) is 10.0 Å². The predicted molar refractivity (Wildman–Crippen MR) is 99.6 cm³/mol. The summed E-state index contributed by atoms with van der Waals surface area (Å²) in [5.41, 5.74) is 0.556. The molecule has 1 aromatic rings. The molecule has 1 fully saturated rings. The lowest BCUT2D eigenvalue weighted by Gasteiger charge is -2.23. The van der Waals surface area contributed by atoms with Gasteiger partial charge >= 0.3 is 6.05 Å². The highest BCUT2D eigenvalue weighted by Gasteiger charge is 2.58. The standard InChI is InChI=1S/C18H25F3N2O5S/c1-4-16(24)22-12(2)13-5-6-14(19)15(9-13)28-10-17(7-8-17)29(25,26)23-18(20,21)11-27-3/h5-6,9,12,23H,4,7-8,10-11H2,1-3H3,(H,22,24). The zero-order valence-electron chi connectivity index (χ0n) is 16.4. The molecule has 164 valence electrons. The Labute approximate surface area is 168 Å². The molecule has 1 atom stereocenters. The van der Waals surface area contributed by atoms with Gasteiger partial charge < -0.3 is 14.8 Å². The van der Waals surface area contributed by atoms with Crippen LogP contribution in [-0.4, -0.2) is 45.4 Å². The predicted octanol–water partition coefficient (Wildman–Crippen LogP) is 2.48. The second-order valence-corrected chi connectivity index (χ2v) is 9.12. The summed E-state index contributed by atoms with van der Waals surface area (Å²) in [4.78, 5) is 11.5. The van der Waals surface area contributed by atoms with Crippen LogP contribution in [0.15, 0.2) is 18.2 Å². The van der Waals surface area contributed by atoms with E-state index in [2.05, 4.69) is 10.1 Å².